The topological polar surface area (TPSA) is 58.6 Å². The Morgan fingerprint density at radius 2 is 2.17 bits per heavy atom. The Balaban J connectivity index is 1.64. The van der Waals surface area contributed by atoms with Crippen LogP contribution in [0.4, 0.5) is 5.69 Å². The first-order chi connectivity index (χ1) is 11.6. The highest BCUT2D eigenvalue weighted by Crippen LogP contribution is 2.38. The molecule has 3 rings (SSSR count). The molecule has 5 heteroatoms. The molecule has 0 radical (unpaired) electrons. The molecule has 1 aliphatic heterocycles. The maximum atomic E-state index is 12.8. The van der Waals surface area contributed by atoms with Gasteiger partial charge in [-0.25, -0.2) is 0 Å². The number of benzene rings is 1. The molecule has 1 aromatic carbocycles. The van der Waals surface area contributed by atoms with E-state index in [-0.39, 0.29) is 17.7 Å². The first-order valence-electron chi connectivity index (χ1n) is 8.86. The van der Waals surface area contributed by atoms with Crippen LogP contribution in [-0.4, -0.2) is 43.0 Å². The van der Waals surface area contributed by atoms with Crippen LogP contribution in [0.1, 0.15) is 37.0 Å². The molecule has 1 aliphatic carbocycles. The molecule has 0 aromatic heterocycles. The molecule has 2 fully saturated rings. The van der Waals surface area contributed by atoms with E-state index in [1.807, 2.05) is 30.0 Å². The van der Waals surface area contributed by atoms with E-state index in [1.54, 1.807) is 6.07 Å². The van der Waals surface area contributed by atoms with E-state index < -0.39 is 0 Å². The lowest BCUT2D eigenvalue weighted by atomic mass is 10.1. The summed E-state index contributed by atoms with van der Waals surface area (Å²) in [6.07, 6.45) is 1.97. The van der Waals surface area contributed by atoms with Gasteiger partial charge in [0.1, 0.15) is 0 Å². The number of hydrogen-bond donors (Lipinski definition) is 1. The fourth-order valence-electron chi connectivity index (χ4n) is 3.23. The summed E-state index contributed by atoms with van der Waals surface area (Å²) in [5.41, 5.74) is 1.32. The standard InChI is InChI=1S/C19H26N2O3/c1-3-21(11-14-7-8-24-12-14)19(23)15-5-4-6-16(10-15)20-18(22)17-9-13(17)2/h4-6,10,13-14,17H,3,7-9,11-12H2,1-2H3,(H,20,22). The zero-order chi connectivity index (χ0) is 17.1. The van der Waals surface area contributed by atoms with Gasteiger partial charge in [0.05, 0.1) is 6.61 Å². The third kappa shape index (κ3) is 3.96. The van der Waals surface area contributed by atoms with E-state index in [9.17, 15) is 9.59 Å². The van der Waals surface area contributed by atoms with Gasteiger partial charge in [0.25, 0.3) is 5.91 Å². The van der Waals surface area contributed by atoms with Gasteiger partial charge in [-0.3, -0.25) is 9.59 Å². The smallest absolute Gasteiger partial charge is 0.253 e. The van der Waals surface area contributed by atoms with E-state index in [0.717, 1.165) is 32.6 Å². The quantitative estimate of drug-likeness (QED) is 0.872. The number of carbonyl (C=O) groups is 2. The summed E-state index contributed by atoms with van der Waals surface area (Å²) >= 11 is 0. The number of ether oxygens (including phenoxy) is 1. The second kappa shape index (κ2) is 7.34. The average molecular weight is 330 g/mol. The third-order valence-electron chi connectivity index (χ3n) is 4.99. The first-order valence-corrected chi connectivity index (χ1v) is 8.86. The lowest BCUT2D eigenvalue weighted by Crippen LogP contribution is -2.35. The number of hydrogen-bond acceptors (Lipinski definition) is 3. The Morgan fingerprint density at radius 1 is 1.38 bits per heavy atom. The maximum Gasteiger partial charge on any atom is 0.253 e. The van der Waals surface area contributed by atoms with Crippen molar-refractivity contribution in [2.24, 2.45) is 17.8 Å². The molecule has 1 heterocycles. The molecule has 24 heavy (non-hydrogen) atoms. The van der Waals surface area contributed by atoms with Crippen molar-refractivity contribution in [2.75, 3.05) is 31.6 Å². The van der Waals surface area contributed by atoms with Crippen molar-refractivity contribution in [2.45, 2.75) is 26.7 Å². The number of amides is 2. The molecule has 1 aromatic rings. The molecule has 3 atom stereocenters. The van der Waals surface area contributed by atoms with Crippen LogP contribution in [-0.2, 0) is 9.53 Å². The highest BCUT2D eigenvalue weighted by atomic mass is 16.5. The average Bonchev–Trinajstić information content (AvgIpc) is 3.09. The SMILES string of the molecule is CCN(CC1CCOC1)C(=O)c1cccc(NC(=O)C2CC2C)c1. The van der Waals surface area contributed by atoms with Gasteiger partial charge in [0, 0.05) is 42.8 Å². The van der Waals surface area contributed by atoms with Crippen molar-refractivity contribution >= 4 is 17.5 Å². The minimum absolute atomic E-state index is 0.0142. The van der Waals surface area contributed by atoms with Crippen molar-refractivity contribution in [3.8, 4) is 0 Å². The maximum absolute atomic E-state index is 12.8. The van der Waals surface area contributed by atoms with E-state index in [2.05, 4.69) is 12.2 Å². The van der Waals surface area contributed by atoms with Crippen LogP contribution in [0.15, 0.2) is 24.3 Å². The summed E-state index contributed by atoms with van der Waals surface area (Å²) in [5.74, 6) is 1.09. The Hall–Kier alpha value is -1.88. The predicted molar refractivity (Wildman–Crippen MR) is 92.8 cm³/mol. The molecule has 130 valence electrons. The lowest BCUT2D eigenvalue weighted by Gasteiger charge is -2.24. The molecule has 3 unspecified atom stereocenters. The fraction of sp³-hybridized carbons (Fsp3) is 0.579. The van der Waals surface area contributed by atoms with Crippen LogP contribution in [0.3, 0.4) is 0 Å². The molecule has 1 N–H and O–H groups in total. The third-order valence-corrected chi connectivity index (χ3v) is 4.99. The van der Waals surface area contributed by atoms with Gasteiger partial charge in [0.15, 0.2) is 0 Å². The van der Waals surface area contributed by atoms with Crippen LogP contribution in [0.2, 0.25) is 0 Å². The molecular weight excluding hydrogens is 304 g/mol. The summed E-state index contributed by atoms with van der Waals surface area (Å²) in [7, 11) is 0. The Kier molecular flexibility index (Phi) is 5.19. The molecule has 2 aliphatic rings. The summed E-state index contributed by atoms with van der Waals surface area (Å²) in [4.78, 5) is 26.7. The van der Waals surface area contributed by atoms with Crippen LogP contribution >= 0.6 is 0 Å². The van der Waals surface area contributed by atoms with E-state index in [1.165, 1.54) is 0 Å². The van der Waals surface area contributed by atoms with E-state index >= 15 is 0 Å². The van der Waals surface area contributed by atoms with Gasteiger partial charge >= 0.3 is 0 Å². The van der Waals surface area contributed by atoms with E-state index in [0.29, 0.717) is 29.6 Å². The highest BCUT2D eigenvalue weighted by Gasteiger charge is 2.39. The second-order valence-electron chi connectivity index (χ2n) is 6.96. The van der Waals surface area contributed by atoms with Gasteiger partial charge in [-0.05, 0) is 43.9 Å². The van der Waals surface area contributed by atoms with Crippen molar-refractivity contribution in [3.63, 3.8) is 0 Å². The predicted octanol–water partition coefficient (Wildman–Crippen LogP) is 2.78. The highest BCUT2D eigenvalue weighted by molar-refractivity contribution is 5.98. The molecule has 5 nitrogen and oxygen atoms in total. The number of carbonyl (C=O) groups excluding carboxylic acids is 2. The molecule has 1 saturated heterocycles. The number of nitrogens with zero attached hydrogens (tertiary/aromatic N) is 1. The molecule has 2 amide bonds. The van der Waals surface area contributed by atoms with Crippen molar-refractivity contribution in [3.05, 3.63) is 29.8 Å². The van der Waals surface area contributed by atoms with E-state index in [4.69, 9.17) is 4.74 Å². The van der Waals surface area contributed by atoms with Crippen LogP contribution in [0.5, 0.6) is 0 Å². The van der Waals surface area contributed by atoms with Gasteiger partial charge in [-0.15, -0.1) is 0 Å². The molecule has 1 saturated carbocycles. The summed E-state index contributed by atoms with van der Waals surface area (Å²) < 4.78 is 5.40. The van der Waals surface area contributed by atoms with Crippen LogP contribution in [0.25, 0.3) is 0 Å². The zero-order valence-electron chi connectivity index (χ0n) is 14.5. The van der Waals surface area contributed by atoms with Gasteiger partial charge in [-0.1, -0.05) is 13.0 Å². The normalized spacial score (nSPS) is 25.3. The van der Waals surface area contributed by atoms with Gasteiger partial charge < -0.3 is 15.0 Å². The monoisotopic (exact) mass is 330 g/mol. The first kappa shape index (κ1) is 17.0. The zero-order valence-corrected chi connectivity index (χ0v) is 14.5. The van der Waals surface area contributed by atoms with Crippen molar-refractivity contribution in [1.82, 2.24) is 4.90 Å². The Morgan fingerprint density at radius 3 is 2.79 bits per heavy atom. The largest absolute Gasteiger partial charge is 0.381 e. The molecule has 0 bridgehead atoms. The summed E-state index contributed by atoms with van der Waals surface area (Å²) in [6, 6.07) is 7.25. The van der Waals surface area contributed by atoms with Gasteiger partial charge in [0.2, 0.25) is 5.91 Å². The minimum atomic E-state index is 0.0142. The minimum Gasteiger partial charge on any atom is -0.381 e. The molecule has 0 spiro atoms. The lowest BCUT2D eigenvalue weighted by molar-refractivity contribution is -0.117. The van der Waals surface area contributed by atoms with Crippen molar-refractivity contribution < 1.29 is 14.3 Å². The summed E-state index contributed by atoms with van der Waals surface area (Å²) in [5, 5.41) is 2.93. The van der Waals surface area contributed by atoms with Crippen molar-refractivity contribution in [1.29, 1.82) is 0 Å². The molecular formula is C19H26N2O3. The Labute approximate surface area is 143 Å². The number of anilines is 1. The summed E-state index contributed by atoms with van der Waals surface area (Å²) in [6.45, 7) is 7.00. The number of rotatable bonds is 6. The van der Waals surface area contributed by atoms with Gasteiger partial charge in [-0.2, -0.15) is 0 Å². The Bertz CT molecular complexity index is 610. The van der Waals surface area contributed by atoms with Crippen LogP contribution < -0.4 is 5.32 Å². The fourth-order valence-corrected chi connectivity index (χ4v) is 3.23. The second-order valence-corrected chi connectivity index (χ2v) is 6.96. The van der Waals surface area contributed by atoms with Crippen LogP contribution in [0, 0.1) is 17.8 Å². The number of nitrogens with one attached hydrogen (secondary N) is 1.